The number of rotatable bonds is 4. The van der Waals surface area contributed by atoms with Crippen molar-refractivity contribution < 1.29 is 23.1 Å². The van der Waals surface area contributed by atoms with Crippen molar-refractivity contribution >= 4 is 11.8 Å². The summed E-state index contributed by atoms with van der Waals surface area (Å²) in [5.41, 5.74) is -1.34. The number of nitrogens with zero attached hydrogens (tertiary/aromatic N) is 5. The Hall–Kier alpha value is -3.09. The Kier molecular flexibility index (Phi) is 4.31. The molecule has 0 unspecified atom stereocenters. The number of carboxylic acids is 1. The van der Waals surface area contributed by atoms with Gasteiger partial charge in [-0.25, -0.2) is 4.98 Å². The molecule has 136 valence electrons. The molecule has 1 fully saturated rings. The molecule has 3 rings (SSSR count). The number of halogens is 3. The van der Waals surface area contributed by atoms with E-state index in [9.17, 15) is 23.2 Å². The van der Waals surface area contributed by atoms with Crippen LogP contribution in [-0.2, 0) is 17.5 Å². The third-order valence-corrected chi connectivity index (χ3v) is 4.24. The van der Waals surface area contributed by atoms with Gasteiger partial charge >= 0.3 is 12.1 Å². The van der Waals surface area contributed by atoms with Crippen molar-refractivity contribution in [1.82, 2.24) is 14.8 Å². The molecule has 1 saturated heterocycles. The van der Waals surface area contributed by atoms with Gasteiger partial charge in [0.05, 0.1) is 17.5 Å². The fourth-order valence-corrected chi connectivity index (χ4v) is 2.77. The molecule has 2 aromatic heterocycles. The number of nitriles is 1. The first-order chi connectivity index (χ1) is 12.2. The lowest BCUT2D eigenvalue weighted by Gasteiger charge is -2.40. The van der Waals surface area contributed by atoms with Crippen LogP contribution in [0.4, 0.5) is 19.0 Å². The molecule has 0 bridgehead atoms. The van der Waals surface area contributed by atoms with Crippen LogP contribution in [0.3, 0.4) is 0 Å². The minimum absolute atomic E-state index is 0.0120. The Bertz CT molecular complexity index is 900. The summed E-state index contributed by atoms with van der Waals surface area (Å²) in [5.74, 6) is -1.14. The van der Waals surface area contributed by atoms with Crippen molar-refractivity contribution in [2.75, 3.05) is 11.4 Å². The minimum atomic E-state index is -4.72. The van der Waals surface area contributed by atoms with E-state index in [4.69, 9.17) is 5.11 Å². The maximum Gasteiger partial charge on any atom is 0.417 e. The number of hydrogen-bond donors (Lipinski definition) is 1. The second-order valence-electron chi connectivity index (χ2n) is 6.01. The fraction of sp³-hybridized carbons (Fsp3) is 0.375. The Balaban J connectivity index is 2.14. The van der Waals surface area contributed by atoms with E-state index in [1.807, 2.05) is 6.92 Å². The quantitative estimate of drug-likeness (QED) is 0.895. The monoisotopic (exact) mass is 365 g/mol. The third kappa shape index (κ3) is 3.20. The van der Waals surface area contributed by atoms with Gasteiger partial charge in [-0.2, -0.15) is 23.5 Å². The molecular weight excluding hydrogens is 351 g/mol. The molecule has 0 aliphatic carbocycles. The molecule has 0 saturated carbocycles. The molecule has 7 nitrogen and oxygen atoms in total. The number of aliphatic carboxylic acids is 1. The smallest absolute Gasteiger partial charge is 0.417 e. The van der Waals surface area contributed by atoms with E-state index in [0.717, 1.165) is 17.2 Å². The number of pyridine rings is 1. The molecule has 26 heavy (non-hydrogen) atoms. The first kappa shape index (κ1) is 17.7. The van der Waals surface area contributed by atoms with Crippen molar-refractivity contribution in [2.45, 2.75) is 32.1 Å². The van der Waals surface area contributed by atoms with Gasteiger partial charge in [-0.3, -0.25) is 9.48 Å². The van der Waals surface area contributed by atoms with E-state index in [2.05, 4.69) is 10.1 Å². The number of carbonyl (C=O) groups is 1. The number of aromatic nitrogens is 3. The van der Waals surface area contributed by atoms with Crippen molar-refractivity contribution in [3.63, 3.8) is 0 Å². The zero-order valence-corrected chi connectivity index (χ0v) is 13.7. The number of alkyl halides is 3. The summed E-state index contributed by atoms with van der Waals surface area (Å²) in [7, 11) is 0. The Morgan fingerprint density at radius 1 is 1.50 bits per heavy atom. The molecule has 0 amide bonds. The molecule has 10 heteroatoms. The zero-order chi connectivity index (χ0) is 19.1. The maximum absolute atomic E-state index is 13.5. The Labute approximate surface area is 146 Å². The fourth-order valence-electron chi connectivity index (χ4n) is 2.77. The standard InChI is InChI=1S/C16H14F3N5O2/c1-9-2-3-24(9)15-11(5-20)12(16(17,18)19)4-13(22-15)10-6-21-23(7-10)8-14(25)26/h4,6-7,9H,2-3,8H2,1H3,(H,25,26)/t9-/m0/s1. The summed E-state index contributed by atoms with van der Waals surface area (Å²) >= 11 is 0. The lowest BCUT2D eigenvalue weighted by Crippen LogP contribution is -2.46. The average molecular weight is 365 g/mol. The highest BCUT2D eigenvalue weighted by Gasteiger charge is 2.38. The van der Waals surface area contributed by atoms with Crippen LogP contribution in [0, 0.1) is 11.3 Å². The molecule has 1 N–H and O–H groups in total. The molecule has 0 radical (unpaired) electrons. The molecule has 0 spiro atoms. The lowest BCUT2D eigenvalue weighted by atomic mass is 10.0. The molecule has 0 aromatic carbocycles. The van der Waals surface area contributed by atoms with Crippen molar-refractivity contribution in [3.05, 3.63) is 29.6 Å². The van der Waals surface area contributed by atoms with E-state index in [0.29, 0.717) is 6.54 Å². The molecule has 2 aromatic rings. The van der Waals surface area contributed by atoms with Crippen LogP contribution in [-0.4, -0.2) is 38.4 Å². The van der Waals surface area contributed by atoms with Crippen LogP contribution < -0.4 is 4.90 Å². The summed E-state index contributed by atoms with van der Waals surface area (Å²) < 4.78 is 41.5. The van der Waals surface area contributed by atoms with Crippen molar-refractivity contribution in [1.29, 1.82) is 5.26 Å². The van der Waals surface area contributed by atoms with Crippen LogP contribution >= 0.6 is 0 Å². The largest absolute Gasteiger partial charge is 0.480 e. The summed E-state index contributed by atoms with van der Waals surface area (Å²) in [6, 6.07) is 2.41. The van der Waals surface area contributed by atoms with Crippen LogP contribution in [0.5, 0.6) is 0 Å². The lowest BCUT2D eigenvalue weighted by molar-refractivity contribution is -0.138. The molecule has 1 aliphatic heterocycles. The van der Waals surface area contributed by atoms with Gasteiger partial charge in [0.2, 0.25) is 0 Å². The van der Waals surface area contributed by atoms with Gasteiger partial charge in [-0.15, -0.1) is 0 Å². The highest BCUT2D eigenvalue weighted by Crippen LogP contribution is 2.39. The second kappa shape index (κ2) is 6.33. The van der Waals surface area contributed by atoms with Crippen molar-refractivity contribution in [3.8, 4) is 17.3 Å². The van der Waals surface area contributed by atoms with Gasteiger partial charge in [0.15, 0.2) is 0 Å². The maximum atomic E-state index is 13.5. The van der Waals surface area contributed by atoms with Gasteiger partial charge < -0.3 is 10.0 Å². The average Bonchev–Trinajstić information content (AvgIpc) is 2.99. The minimum Gasteiger partial charge on any atom is -0.480 e. The molecule has 1 aliphatic rings. The van der Waals surface area contributed by atoms with Gasteiger partial charge in [-0.05, 0) is 19.4 Å². The predicted molar refractivity (Wildman–Crippen MR) is 84.2 cm³/mol. The second-order valence-corrected chi connectivity index (χ2v) is 6.01. The predicted octanol–water partition coefficient (Wildman–Crippen LogP) is 2.52. The Morgan fingerprint density at radius 3 is 2.73 bits per heavy atom. The van der Waals surface area contributed by atoms with Gasteiger partial charge in [0.1, 0.15) is 24.0 Å². The summed E-state index contributed by atoms with van der Waals surface area (Å²) in [6.45, 7) is 1.94. The number of carboxylic acid groups (broad SMARTS) is 1. The topological polar surface area (TPSA) is 95.0 Å². The normalized spacial score (nSPS) is 16.9. The van der Waals surface area contributed by atoms with Crippen LogP contribution in [0.15, 0.2) is 18.5 Å². The SMILES string of the molecule is C[C@H]1CCN1c1nc(-c2cnn(CC(=O)O)c2)cc(C(F)(F)F)c1C#N. The number of hydrogen-bond acceptors (Lipinski definition) is 5. The van der Waals surface area contributed by atoms with E-state index >= 15 is 0 Å². The zero-order valence-electron chi connectivity index (χ0n) is 13.7. The van der Waals surface area contributed by atoms with E-state index in [1.165, 1.54) is 12.4 Å². The van der Waals surface area contributed by atoms with Gasteiger partial charge in [0, 0.05) is 24.3 Å². The van der Waals surface area contributed by atoms with E-state index in [-0.39, 0.29) is 23.1 Å². The summed E-state index contributed by atoms with van der Waals surface area (Å²) in [4.78, 5) is 16.6. The summed E-state index contributed by atoms with van der Waals surface area (Å²) in [6.07, 6.45) is -1.36. The third-order valence-electron chi connectivity index (χ3n) is 4.24. The summed E-state index contributed by atoms with van der Waals surface area (Å²) in [5, 5.41) is 21.9. The highest BCUT2D eigenvalue weighted by atomic mass is 19.4. The molecule has 1 atom stereocenters. The van der Waals surface area contributed by atoms with Crippen LogP contribution in [0.2, 0.25) is 0 Å². The molecular formula is C16H14F3N5O2. The van der Waals surface area contributed by atoms with Crippen molar-refractivity contribution in [2.24, 2.45) is 0 Å². The van der Waals surface area contributed by atoms with Crippen LogP contribution in [0.25, 0.3) is 11.3 Å². The molecule has 3 heterocycles. The first-order valence-electron chi connectivity index (χ1n) is 7.74. The first-order valence-corrected chi connectivity index (χ1v) is 7.74. The Morgan fingerprint density at radius 2 is 2.23 bits per heavy atom. The van der Waals surface area contributed by atoms with Gasteiger partial charge in [0.25, 0.3) is 0 Å². The highest BCUT2D eigenvalue weighted by molar-refractivity contribution is 5.69. The van der Waals surface area contributed by atoms with Gasteiger partial charge in [-0.1, -0.05) is 0 Å². The van der Waals surface area contributed by atoms with E-state index < -0.39 is 29.8 Å². The van der Waals surface area contributed by atoms with E-state index in [1.54, 1.807) is 11.0 Å². The van der Waals surface area contributed by atoms with Crippen LogP contribution in [0.1, 0.15) is 24.5 Å². The number of anilines is 1.